The second-order valence-electron chi connectivity index (χ2n) is 0. The number of hydrogen-bond donors (Lipinski definition) is 0. The third-order valence-corrected chi connectivity index (χ3v) is 0. The van der Waals surface area contributed by atoms with Gasteiger partial charge in [0.15, 0.2) is 0 Å². The molecule has 0 aromatic heterocycles. The van der Waals surface area contributed by atoms with Crippen LogP contribution in [0, 0.1) is 47.3 Å². The van der Waals surface area contributed by atoms with Crippen molar-refractivity contribution in [2.75, 3.05) is 0 Å². The molecule has 2 N–H and O–H groups in total. The third-order valence-electron chi connectivity index (χ3n) is 0. The Bertz CT molecular complexity index is 65.1. The van der Waals surface area contributed by atoms with Gasteiger partial charge in [0, 0.05) is 0 Å². The van der Waals surface area contributed by atoms with Crippen LogP contribution in [0.5, 0.6) is 0 Å². The minimum absolute atomic E-state index is 0. The van der Waals surface area contributed by atoms with Crippen molar-refractivity contribution in [3.8, 4) is 0 Å². The predicted molar refractivity (Wildman–Crippen MR) is 29.2 cm³/mol. The molecule has 0 atom stereocenters. The molecule has 0 bridgehead atoms. The summed E-state index contributed by atoms with van der Waals surface area (Å²) < 4.78 is 0. The molecule has 7 heteroatoms. The first-order chi connectivity index (χ1) is 4.00. The van der Waals surface area contributed by atoms with E-state index in [0.717, 1.165) is 0 Å². The molecule has 0 spiro atoms. The van der Waals surface area contributed by atoms with Crippen LogP contribution in [0.4, 0.5) is 0 Å². The van der Waals surface area contributed by atoms with Crippen LogP contribution in [0.2, 0.25) is 0 Å². The van der Waals surface area contributed by atoms with Gasteiger partial charge in [-0.2, -0.15) is 0 Å². The first-order valence-electron chi connectivity index (χ1n) is 0.894. The molecule has 5 nitrogen and oxygen atoms in total. The Morgan fingerprint density at radius 1 is 0.545 bits per heavy atom. The van der Waals surface area contributed by atoms with Crippen LogP contribution in [0.15, 0.2) is 0 Å². The van der Waals surface area contributed by atoms with E-state index in [1.165, 1.54) is 0 Å². The van der Waals surface area contributed by atoms with Gasteiger partial charge in [0.2, 0.25) is 0 Å². The van der Waals surface area contributed by atoms with Gasteiger partial charge in [0.25, 0.3) is 0 Å². The maximum Gasteiger partial charge on any atom is 2.00 e. The average Bonchev–Trinajstić information content (AvgIpc) is 2.03. The SMILES string of the molecule is O.[C-]#N.[C-]#N.[C-]#N.[C-]#N.[Mg+2].[Pt+2]. The van der Waals surface area contributed by atoms with Crippen LogP contribution < -0.4 is 0 Å². The van der Waals surface area contributed by atoms with Crippen molar-refractivity contribution in [3.63, 3.8) is 0 Å². The summed E-state index contributed by atoms with van der Waals surface area (Å²) in [6.45, 7) is 19.0. The Labute approximate surface area is 96.6 Å². The van der Waals surface area contributed by atoms with Crippen molar-refractivity contribution in [2.24, 2.45) is 0 Å². The Hall–Kier alpha value is -0.625. The van der Waals surface area contributed by atoms with Gasteiger partial charge in [-0.3, -0.25) is 0 Å². The molecule has 11 heavy (non-hydrogen) atoms. The molecule has 0 fully saturated rings. The maximum atomic E-state index is 6.25. The molecule has 0 aliphatic rings. The summed E-state index contributed by atoms with van der Waals surface area (Å²) in [5.41, 5.74) is 0. The van der Waals surface area contributed by atoms with Crippen LogP contribution in [0.1, 0.15) is 0 Å². The van der Waals surface area contributed by atoms with E-state index >= 15 is 0 Å². The predicted octanol–water partition coefficient (Wildman–Crippen LogP) is -0.823. The minimum Gasteiger partial charge on any atom is -0.512 e. The summed E-state index contributed by atoms with van der Waals surface area (Å²) >= 11 is 0. The van der Waals surface area contributed by atoms with Crippen LogP contribution >= 0.6 is 0 Å². The van der Waals surface area contributed by atoms with Gasteiger partial charge in [-0.15, -0.1) is 0 Å². The molecule has 0 saturated heterocycles. The molecule has 0 radical (unpaired) electrons. The monoisotopic (exact) mass is 341 g/mol. The van der Waals surface area contributed by atoms with E-state index in [9.17, 15) is 0 Å². The van der Waals surface area contributed by atoms with E-state index in [4.69, 9.17) is 47.3 Å². The zero-order valence-electron chi connectivity index (χ0n) is 5.31. The van der Waals surface area contributed by atoms with Crippen molar-refractivity contribution in [3.05, 3.63) is 26.3 Å². The Morgan fingerprint density at radius 3 is 0.545 bits per heavy atom. The zero-order chi connectivity index (χ0) is 8.00. The van der Waals surface area contributed by atoms with Crippen LogP contribution in [-0.2, 0) is 21.1 Å². The molecule has 0 rings (SSSR count). The van der Waals surface area contributed by atoms with Crippen molar-refractivity contribution in [2.45, 2.75) is 0 Å². The van der Waals surface area contributed by atoms with Gasteiger partial charge in [-0.25, -0.2) is 0 Å². The van der Waals surface area contributed by atoms with Crippen molar-refractivity contribution in [1.82, 2.24) is 0 Å². The summed E-state index contributed by atoms with van der Waals surface area (Å²) in [5, 5.41) is 25.0. The standard InChI is InChI=1S/4CN.Mg.H2O.Pt/c4*1-2;;;/h;;;;;1H2;/q4*-1;+2;;+2. The normalized spacial score (nSPS) is 0.727. The van der Waals surface area contributed by atoms with Gasteiger partial charge < -0.3 is 52.8 Å². The van der Waals surface area contributed by atoms with Crippen LogP contribution in [0.3, 0.4) is 0 Å². The molecule has 0 aliphatic heterocycles. The number of nitrogens with zero attached hydrogens (tertiary/aromatic N) is 4. The fraction of sp³-hybridized carbons (Fsp3) is 0. The minimum atomic E-state index is 0. The molecule has 0 amide bonds. The maximum absolute atomic E-state index is 6.25. The summed E-state index contributed by atoms with van der Waals surface area (Å²) in [7, 11) is 0. The van der Waals surface area contributed by atoms with Gasteiger partial charge in [-0.05, 0) is 0 Å². The molecule has 0 aliphatic carbocycles. The molecule has 0 heterocycles. The van der Waals surface area contributed by atoms with Gasteiger partial charge in [0.05, 0.1) is 0 Å². The molecule has 56 valence electrons. The fourth-order valence-corrected chi connectivity index (χ4v) is 0. The summed E-state index contributed by atoms with van der Waals surface area (Å²) in [4.78, 5) is 0. The fourth-order valence-electron chi connectivity index (χ4n) is 0. The smallest absolute Gasteiger partial charge is 0.512 e. The quantitative estimate of drug-likeness (QED) is 0.421. The average molecular weight is 341 g/mol. The van der Waals surface area contributed by atoms with Crippen LogP contribution in [0.25, 0.3) is 0 Å². The van der Waals surface area contributed by atoms with Gasteiger partial charge >= 0.3 is 44.1 Å². The molecular formula is C4H2MgN4OPt. The second-order valence-corrected chi connectivity index (χ2v) is 0. The van der Waals surface area contributed by atoms with Crippen molar-refractivity contribution in [1.29, 1.82) is 21.0 Å². The Kier molecular flexibility index (Phi) is 12200. The van der Waals surface area contributed by atoms with Crippen molar-refractivity contribution >= 4 is 23.1 Å². The summed E-state index contributed by atoms with van der Waals surface area (Å²) in [6, 6.07) is 0. The summed E-state index contributed by atoms with van der Waals surface area (Å²) in [6.07, 6.45) is 0. The molecule has 0 unspecified atom stereocenters. The summed E-state index contributed by atoms with van der Waals surface area (Å²) in [5.74, 6) is 0. The Balaban J connectivity index is -0.00000000356. The van der Waals surface area contributed by atoms with Crippen LogP contribution in [-0.4, -0.2) is 28.5 Å². The Morgan fingerprint density at radius 2 is 0.545 bits per heavy atom. The second kappa shape index (κ2) is 1680. The molecule has 0 aromatic rings. The molecular weight excluding hydrogens is 339 g/mol. The van der Waals surface area contributed by atoms with Crippen molar-refractivity contribution < 1.29 is 26.5 Å². The van der Waals surface area contributed by atoms with E-state index in [2.05, 4.69) is 0 Å². The molecule has 0 aromatic carbocycles. The first-order valence-corrected chi connectivity index (χ1v) is 0.894. The van der Waals surface area contributed by atoms with E-state index in [1.807, 2.05) is 0 Å². The van der Waals surface area contributed by atoms with E-state index in [-0.39, 0.29) is 49.6 Å². The van der Waals surface area contributed by atoms with E-state index in [1.54, 1.807) is 0 Å². The van der Waals surface area contributed by atoms with Gasteiger partial charge in [-0.1, -0.05) is 0 Å². The zero-order valence-corrected chi connectivity index (χ0v) is 9.00. The number of rotatable bonds is 0. The number of hydrogen-bond acceptors (Lipinski definition) is 4. The largest absolute Gasteiger partial charge is 2.00 e. The topological polar surface area (TPSA) is 127 Å². The first kappa shape index (κ1) is 80.1. The van der Waals surface area contributed by atoms with E-state index < -0.39 is 0 Å². The van der Waals surface area contributed by atoms with E-state index in [0.29, 0.717) is 0 Å². The molecule has 0 saturated carbocycles. The third kappa shape index (κ3) is 1300. The van der Waals surface area contributed by atoms with Gasteiger partial charge in [0.1, 0.15) is 0 Å².